The molecule has 1 aliphatic heterocycles. The zero-order valence-corrected chi connectivity index (χ0v) is 30.8. The number of nitro groups is 2. The summed E-state index contributed by atoms with van der Waals surface area (Å²) in [6.07, 6.45) is 2.72. The van der Waals surface area contributed by atoms with Crippen LogP contribution in [0.2, 0.25) is 0 Å². The van der Waals surface area contributed by atoms with E-state index in [4.69, 9.17) is 0 Å². The number of hydrogen-bond donors (Lipinski definition) is 1. The second kappa shape index (κ2) is 13.8. The van der Waals surface area contributed by atoms with Crippen LogP contribution in [0.25, 0.3) is 11.4 Å². The van der Waals surface area contributed by atoms with Gasteiger partial charge in [-0.25, -0.2) is 8.42 Å². The number of piperidine rings is 1. The van der Waals surface area contributed by atoms with Crippen molar-refractivity contribution in [2.24, 2.45) is 15.9 Å². The normalized spacial score (nSPS) is 19.5. The average Bonchev–Trinajstić information content (AvgIpc) is 3.77. The highest BCUT2D eigenvalue weighted by molar-refractivity contribution is 7.99. The molecule has 1 saturated heterocycles. The third-order valence-corrected chi connectivity index (χ3v) is 13.4. The molecule has 14 nitrogen and oxygen atoms in total. The number of anilines is 1. The number of hydrogen-bond acceptors (Lipinski definition) is 11. The zero-order chi connectivity index (χ0) is 37.5. The van der Waals surface area contributed by atoms with Crippen molar-refractivity contribution in [2.75, 3.05) is 12.0 Å². The molecule has 1 aliphatic carbocycles. The second-order valence-corrected chi connectivity index (χ2v) is 17.1. The fourth-order valence-corrected chi connectivity index (χ4v) is 10.0. The number of nitrogens with zero attached hydrogens (tertiary/aromatic N) is 7. The van der Waals surface area contributed by atoms with E-state index in [-0.39, 0.29) is 38.8 Å². The van der Waals surface area contributed by atoms with Gasteiger partial charge in [0.1, 0.15) is 4.90 Å². The molecular formula is C37H36N8O6S2. The summed E-state index contributed by atoms with van der Waals surface area (Å²) in [6.45, 7) is 7.12. The lowest BCUT2D eigenvalue weighted by atomic mass is 9.69. The summed E-state index contributed by atoms with van der Waals surface area (Å²) in [5.41, 5.74) is 4.18. The van der Waals surface area contributed by atoms with Crippen LogP contribution in [0.15, 0.2) is 117 Å². The summed E-state index contributed by atoms with van der Waals surface area (Å²) in [5.74, 6) is 0.623. The highest BCUT2D eigenvalue weighted by atomic mass is 32.2. The maximum absolute atomic E-state index is 14.0. The summed E-state index contributed by atoms with van der Waals surface area (Å²) >= 11 is 1.12. The van der Waals surface area contributed by atoms with Gasteiger partial charge in [0, 0.05) is 41.9 Å². The first kappa shape index (κ1) is 35.9. The van der Waals surface area contributed by atoms with Gasteiger partial charge in [0.2, 0.25) is 10.0 Å². The lowest BCUT2D eigenvalue weighted by molar-refractivity contribution is -0.387. The molecule has 0 spiro atoms. The minimum Gasteiger partial charge on any atom is -0.297 e. The molecule has 2 aliphatic rings. The van der Waals surface area contributed by atoms with Crippen molar-refractivity contribution < 1.29 is 18.3 Å². The fourth-order valence-electron chi connectivity index (χ4n) is 7.19. The molecule has 16 heteroatoms. The van der Waals surface area contributed by atoms with E-state index < -0.39 is 19.9 Å². The molecule has 53 heavy (non-hydrogen) atoms. The van der Waals surface area contributed by atoms with Crippen LogP contribution < -0.4 is 5.43 Å². The quantitative estimate of drug-likeness (QED) is 0.0758. The van der Waals surface area contributed by atoms with Crippen molar-refractivity contribution >= 4 is 45.1 Å². The SMILES string of the molecule is CC1(C)C[C@H]2C[C@@]1(C)CN2S(=O)(=O)c1cc([N+](=O)[O-])ccc1N/N=C\c1ccc(Sc2nnc(-c3ccccc3)n2Cc2ccccc2)c([N+](=O)[O-])c1. The minimum absolute atomic E-state index is 0.0423. The first-order valence-electron chi connectivity index (χ1n) is 16.8. The molecule has 0 radical (unpaired) electrons. The number of benzene rings is 4. The molecular weight excluding hydrogens is 717 g/mol. The van der Waals surface area contributed by atoms with E-state index in [9.17, 15) is 28.6 Å². The Balaban J connectivity index is 1.15. The molecule has 2 heterocycles. The molecule has 1 saturated carbocycles. The predicted molar refractivity (Wildman–Crippen MR) is 201 cm³/mol. The number of fused-ring (bicyclic) bond motifs is 2. The van der Waals surface area contributed by atoms with E-state index in [1.54, 1.807) is 12.1 Å². The van der Waals surface area contributed by atoms with Crippen molar-refractivity contribution in [3.05, 3.63) is 128 Å². The summed E-state index contributed by atoms with van der Waals surface area (Å²) in [6, 6.07) is 27.3. The van der Waals surface area contributed by atoms with E-state index in [0.717, 1.165) is 29.0 Å². The number of aromatic nitrogens is 3. The smallest absolute Gasteiger partial charge is 0.283 e. The number of hydrazone groups is 1. The van der Waals surface area contributed by atoms with Gasteiger partial charge in [0.05, 0.1) is 33.2 Å². The van der Waals surface area contributed by atoms with Crippen LogP contribution in [-0.4, -0.2) is 56.1 Å². The minimum atomic E-state index is -4.15. The molecule has 2 bridgehead atoms. The van der Waals surface area contributed by atoms with E-state index in [2.05, 4.69) is 41.5 Å². The van der Waals surface area contributed by atoms with Crippen LogP contribution in [0.4, 0.5) is 17.1 Å². The van der Waals surface area contributed by atoms with Crippen molar-refractivity contribution in [1.82, 2.24) is 19.1 Å². The topological polar surface area (TPSA) is 179 Å². The Kier molecular flexibility index (Phi) is 9.38. The molecule has 272 valence electrons. The average molecular weight is 753 g/mol. The van der Waals surface area contributed by atoms with Crippen molar-refractivity contribution in [1.29, 1.82) is 0 Å². The molecule has 2 atom stereocenters. The number of nitrogens with one attached hydrogen (secondary N) is 1. The molecule has 0 amide bonds. The molecule has 4 aromatic carbocycles. The second-order valence-electron chi connectivity index (χ2n) is 14.2. The standard InChI is InChI=1S/C37H36N8O6S2/c1-36(2)20-29-21-37(36,3)24-43(29)53(50,51)33-19-28(44(46)47)15-16-30(33)39-38-22-26-14-17-32(31(18-26)45(48)49)52-35-41-40-34(27-12-8-5-9-13-27)42(35)23-25-10-6-4-7-11-25/h4-19,22,29,39H,20-21,23-24H2,1-3H3/b38-22-/t29-,37-/m0/s1. The molecule has 1 N–H and O–H groups in total. The predicted octanol–water partition coefficient (Wildman–Crippen LogP) is 7.61. The Morgan fingerprint density at radius 1 is 0.925 bits per heavy atom. The molecule has 5 aromatic rings. The number of nitro benzene ring substituents is 2. The summed E-state index contributed by atoms with van der Waals surface area (Å²) < 4.78 is 31.5. The van der Waals surface area contributed by atoms with Crippen LogP contribution >= 0.6 is 11.8 Å². The Labute approximate surface area is 310 Å². The lowest BCUT2D eigenvalue weighted by Gasteiger charge is -2.42. The first-order chi connectivity index (χ1) is 25.3. The number of rotatable bonds is 12. The van der Waals surface area contributed by atoms with Crippen molar-refractivity contribution in [2.45, 2.75) is 61.1 Å². The van der Waals surface area contributed by atoms with Gasteiger partial charge >= 0.3 is 0 Å². The monoisotopic (exact) mass is 752 g/mol. The Hall–Kier alpha value is -5.45. The molecule has 2 fully saturated rings. The van der Waals surface area contributed by atoms with Gasteiger partial charge in [-0.2, -0.15) is 9.41 Å². The van der Waals surface area contributed by atoms with Crippen molar-refractivity contribution in [3.8, 4) is 11.4 Å². The van der Waals surface area contributed by atoms with Gasteiger partial charge < -0.3 is 0 Å². The third-order valence-electron chi connectivity index (χ3n) is 10.5. The van der Waals surface area contributed by atoms with E-state index >= 15 is 0 Å². The fraction of sp³-hybridized carbons (Fsp3) is 0.270. The summed E-state index contributed by atoms with van der Waals surface area (Å²) in [4.78, 5) is 22.9. The summed E-state index contributed by atoms with van der Waals surface area (Å²) in [7, 11) is -4.15. The molecule has 1 aromatic heterocycles. The Morgan fingerprint density at radius 3 is 2.28 bits per heavy atom. The van der Waals surface area contributed by atoms with Crippen LogP contribution in [0.5, 0.6) is 0 Å². The molecule has 0 unspecified atom stereocenters. The van der Waals surface area contributed by atoms with Gasteiger partial charge in [0.25, 0.3) is 11.4 Å². The lowest BCUT2D eigenvalue weighted by Crippen LogP contribution is -2.46. The maximum atomic E-state index is 14.0. The van der Waals surface area contributed by atoms with Crippen LogP contribution in [0.3, 0.4) is 0 Å². The van der Waals surface area contributed by atoms with Crippen LogP contribution in [-0.2, 0) is 16.6 Å². The van der Waals surface area contributed by atoms with Crippen LogP contribution in [0.1, 0.15) is 44.7 Å². The van der Waals surface area contributed by atoms with Crippen LogP contribution in [0, 0.1) is 31.1 Å². The van der Waals surface area contributed by atoms with Gasteiger partial charge in [-0.15, -0.1) is 10.2 Å². The first-order valence-corrected chi connectivity index (χ1v) is 19.1. The molecule has 7 rings (SSSR count). The highest BCUT2D eigenvalue weighted by Crippen LogP contribution is 2.60. The van der Waals surface area contributed by atoms with Crippen molar-refractivity contribution in [3.63, 3.8) is 0 Å². The Bertz CT molecular complexity index is 2350. The number of non-ortho nitro benzene ring substituents is 1. The van der Waals surface area contributed by atoms with Gasteiger partial charge in [-0.1, -0.05) is 87.5 Å². The third kappa shape index (κ3) is 6.92. The van der Waals surface area contributed by atoms with Gasteiger partial charge in [-0.05, 0) is 53.1 Å². The maximum Gasteiger partial charge on any atom is 0.283 e. The zero-order valence-electron chi connectivity index (χ0n) is 29.1. The van der Waals surface area contributed by atoms with E-state index in [1.807, 2.05) is 65.2 Å². The largest absolute Gasteiger partial charge is 0.297 e. The van der Waals surface area contributed by atoms with Gasteiger partial charge in [-0.3, -0.25) is 30.2 Å². The highest BCUT2D eigenvalue weighted by Gasteiger charge is 2.60. The van der Waals surface area contributed by atoms with E-state index in [1.165, 1.54) is 28.7 Å². The number of sulfonamides is 1. The Morgan fingerprint density at radius 2 is 1.64 bits per heavy atom. The van der Waals surface area contributed by atoms with E-state index in [0.29, 0.717) is 47.4 Å². The van der Waals surface area contributed by atoms with Gasteiger partial charge in [0.15, 0.2) is 11.0 Å². The summed E-state index contributed by atoms with van der Waals surface area (Å²) in [5, 5.41) is 37.5.